The summed E-state index contributed by atoms with van der Waals surface area (Å²) in [5.74, 6) is 3.32. The summed E-state index contributed by atoms with van der Waals surface area (Å²) >= 11 is 4.33. The highest BCUT2D eigenvalue weighted by Gasteiger charge is 2.52. The molecule has 0 spiro atoms. The first-order chi connectivity index (χ1) is 23.8. The molecule has 7 rings (SSSR count). The fourth-order valence-corrected chi connectivity index (χ4v) is 6.30. The van der Waals surface area contributed by atoms with Crippen LogP contribution in [0.2, 0.25) is 0 Å². The van der Waals surface area contributed by atoms with Crippen molar-refractivity contribution in [3.05, 3.63) is 121 Å². The van der Waals surface area contributed by atoms with E-state index in [0.717, 1.165) is 48.6 Å². The van der Waals surface area contributed by atoms with Crippen molar-refractivity contribution >= 4 is 57.8 Å². The van der Waals surface area contributed by atoms with E-state index in [9.17, 15) is 0 Å². The second-order valence-electron chi connectivity index (χ2n) is 15.3. The Morgan fingerprint density at radius 2 is 1.22 bits per heavy atom. The maximum atomic E-state index is 8.91. The molecule has 3 aliphatic rings. The van der Waals surface area contributed by atoms with Crippen LogP contribution in [-0.4, -0.2) is 43.2 Å². The van der Waals surface area contributed by atoms with Crippen molar-refractivity contribution in [1.82, 2.24) is 0 Å². The number of hydrogen-bond acceptors (Lipinski definition) is 6. The molecule has 4 aromatic rings. The normalized spacial score (nSPS) is 17.7. The van der Waals surface area contributed by atoms with E-state index in [1.54, 1.807) is 12.1 Å². The summed E-state index contributed by atoms with van der Waals surface area (Å²) in [5, 5.41) is 8.91. The molecule has 3 heterocycles. The molecular formula is C42H51BI2O6. The molecule has 0 saturated carbocycles. The summed E-state index contributed by atoms with van der Waals surface area (Å²) in [6, 6.07) is 29.7. The van der Waals surface area contributed by atoms with E-state index in [-0.39, 0.29) is 29.2 Å². The SMILES string of the molecule is C=C(C)COc1ccccc1I.CC1(C)COc2ccc(B3OC(C)(C)C(C)(C)O3)cc21.CC1(C)COc2ccccc21.Oc1ccccc1I. The van der Waals surface area contributed by atoms with Gasteiger partial charge in [0.1, 0.15) is 29.6 Å². The van der Waals surface area contributed by atoms with Crippen molar-refractivity contribution < 1.29 is 28.6 Å². The van der Waals surface area contributed by atoms with Crippen molar-refractivity contribution in [3.8, 4) is 23.0 Å². The quantitative estimate of drug-likeness (QED) is 0.125. The van der Waals surface area contributed by atoms with Crippen LogP contribution in [0.5, 0.6) is 23.0 Å². The highest BCUT2D eigenvalue weighted by molar-refractivity contribution is 14.1. The number of halogens is 2. The van der Waals surface area contributed by atoms with Crippen LogP contribution in [-0.2, 0) is 20.1 Å². The minimum atomic E-state index is -0.304. The van der Waals surface area contributed by atoms with Crippen LogP contribution in [0.1, 0.15) is 73.4 Å². The molecule has 0 amide bonds. The van der Waals surface area contributed by atoms with E-state index in [0.29, 0.717) is 12.4 Å². The molecule has 3 aliphatic heterocycles. The third-order valence-electron chi connectivity index (χ3n) is 9.21. The van der Waals surface area contributed by atoms with Crippen LogP contribution in [0, 0.1) is 7.14 Å². The topological polar surface area (TPSA) is 66.4 Å². The van der Waals surface area contributed by atoms with E-state index in [4.69, 9.17) is 28.6 Å². The smallest absolute Gasteiger partial charge is 0.494 e. The van der Waals surface area contributed by atoms with Gasteiger partial charge in [-0.15, -0.1) is 0 Å². The molecule has 6 nitrogen and oxygen atoms in total. The average Bonchev–Trinajstić information content (AvgIpc) is 3.64. The Labute approximate surface area is 332 Å². The predicted octanol–water partition coefficient (Wildman–Crippen LogP) is 10.3. The van der Waals surface area contributed by atoms with Gasteiger partial charge in [-0.3, -0.25) is 0 Å². The molecule has 0 aliphatic carbocycles. The van der Waals surface area contributed by atoms with Crippen LogP contribution < -0.4 is 19.7 Å². The van der Waals surface area contributed by atoms with E-state index in [2.05, 4.69) is 125 Å². The van der Waals surface area contributed by atoms with Crippen molar-refractivity contribution in [2.45, 2.75) is 84.3 Å². The van der Waals surface area contributed by atoms with Crippen LogP contribution in [0.3, 0.4) is 0 Å². The zero-order valence-electron chi connectivity index (χ0n) is 31.3. The monoisotopic (exact) mass is 916 g/mol. The standard InChI is InChI=1S/C16H23BO3.C10H11IO.C10H12O.C6H5IO/c1-14(2)10-18-13-8-7-11(9-12(13)14)17-19-15(3,4)16(5,6)20-17;1-8(2)7-12-10-6-4-3-5-9(10)11;1-10(2)7-11-9-6-4-3-5-8(9)10;7-5-3-1-2-4-6(5)8/h7-9H,10H2,1-6H3;3-6H,1,7H2,2H3;3-6H,7H2,1-2H3;1-4,8H. The third kappa shape index (κ3) is 10.7. The van der Waals surface area contributed by atoms with Gasteiger partial charge in [0.15, 0.2) is 0 Å². The minimum absolute atomic E-state index is 0.0506. The maximum absolute atomic E-state index is 8.91. The molecule has 1 fully saturated rings. The van der Waals surface area contributed by atoms with E-state index < -0.39 is 0 Å². The van der Waals surface area contributed by atoms with Crippen LogP contribution in [0.4, 0.5) is 0 Å². The molecule has 0 atom stereocenters. The van der Waals surface area contributed by atoms with Crippen molar-refractivity contribution in [3.63, 3.8) is 0 Å². The molecule has 51 heavy (non-hydrogen) atoms. The minimum Gasteiger partial charge on any atom is -0.507 e. The van der Waals surface area contributed by atoms with Gasteiger partial charge in [0.05, 0.1) is 31.6 Å². The number of rotatable bonds is 4. The number of benzene rings is 4. The summed E-state index contributed by atoms with van der Waals surface area (Å²) in [6.45, 7) is 25.0. The van der Waals surface area contributed by atoms with Gasteiger partial charge in [-0.05, 0) is 127 Å². The van der Waals surface area contributed by atoms with E-state index >= 15 is 0 Å². The summed E-state index contributed by atoms with van der Waals surface area (Å²) in [6.07, 6.45) is 0. The summed E-state index contributed by atoms with van der Waals surface area (Å²) in [5.41, 5.74) is 4.33. The molecule has 9 heteroatoms. The Bertz CT molecular complexity index is 1760. The molecular weight excluding hydrogens is 865 g/mol. The second-order valence-corrected chi connectivity index (χ2v) is 17.6. The lowest BCUT2D eigenvalue weighted by molar-refractivity contribution is 0.00578. The van der Waals surface area contributed by atoms with Crippen LogP contribution in [0.15, 0.2) is 103 Å². The predicted molar refractivity (Wildman–Crippen MR) is 226 cm³/mol. The fraction of sp³-hybridized carbons (Fsp3) is 0.381. The van der Waals surface area contributed by atoms with Gasteiger partial charge in [0, 0.05) is 22.0 Å². The zero-order valence-corrected chi connectivity index (χ0v) is 35.6. The van der Waals surface area contributed by atoms with Gasteiger partial charge in [-0.2, -0.15) is 0 Å². The van der Waals surface area contributed by atoms with Crippen LogP contribution >= 0.6 is 45.2 Å². The largest absolute Gasteiger partial charge is 0.507 e. The van der Waals surface area contributed by atoms with Gasteiger partial charge < -0.3 is 28.6 Å². The van der Waals surface area contributed by atoms with E-state index in [1.807, 2.05) is 67.6 Å². The highest BCUT2D eigenvalue weighted by atomic mass is 127. The number of fused-ring (bicyclic) bond motifs is 2. The summed E-state index contributed by atoms with van der Waals surface area (Å²) in [4.78, 5) is 0. The summed E-state index contributed by atoms with van der Waals surface area (Å²) < 4.78 is 31.0. The first-order valence-electron chi connectivity index (χ1n) is 17.1. The molecule has 0 aromatic heterocycles. The second kappa shape index (κ2) is 16.9. The Kier molecular flexibility index (Phi) is 13.6. The molecule has 0 bridgehead atoms. The lowest BCUT2D eigenvalue weighted by Gasteiger charge is -2.32. The molecule has 4 aromatic carbocycles. The number of aromatic hydroxyl groups is 1. The van der Waals surface area contributed by atoms with Gasteiger partial charge >= 0.3 is 7.12 Å². The maximum Gasteiger partial charge on any atom is 0.494 e. The zero-order chi connectivity index (χ0) is 37.6. The third-order valence-corrected chi connectivity index (χ3v) is 11.0. The summed E-state index contributed by atoms with van der Waals surface area (Å²) in [7, 11) is -0.304. The Morgan fingerprint density at radius 1 is 0.706 bits per heavy atom. The van der Waals surface area contributed by atoms with Crippen molar-refractivity contribution in [2.75, 3.05) is 19.8 Å². The average molecular weight is 916 g/mol. The number of para-hydroxylation sites is 3. The number of hydrogen-bond donors (Lipinski definition) is 1. The molecule has 0 radical (unpaired) electrons. The first-order valence-corrected chi connectivity index (χ1v) is 19.3. The van der Waals surface area contributed by atoms with Crippen LogP contribution in [0.25, 0.3) is 0 Å². The fourth-order valence-electron chi connectivity index (χ4n) is 5.37. The lowest BCUT2D eigenvalue weighted by atomic mass is 9.75. The first kappa shape index (κ1) is 41.0. The van der Waals surface area contributed by atoms with E-state index in [1.165, 1.54) is 11.1 Å². The van der Waals surface area contributed by atoms with Gasteiger partial charge in [-0.25, -0.2) is 0 Å². The number of phenolic OH excluding ortho intramolecular Hbond substituents is 1. The van der Waals surface area contributed by atoms with Crippen molar-refractivity contribution in [1.29, 1.82) is 0 Å². The molecule has 0 unspecified atom stereocenters. The van der Waals surface area contributed by atoms with Gasteiger partial charge in [0.2, 0.25) is 0 Å². The number of phenols is 1. The molecule has 1 N–H and O–H groups in total. The Hall–Kier alpha value is -2.74. The van der Waals surface area contributed by atoms with Gasteiger partial charge in [0.25, 0.3) is 0 Å². The Morgan fingerprint density at radius 3 is 1.75 bits per heavy atom. The highest BCUT2D eigenvalue weighted by Crippen LogP contribution is 2.40. The lowest BCUT2D eigenvalue weighted by Crippen LogP contribution is -2.41. The Balaban J connectivity index is 0.000000162. The van der Waals surface area contributed by atoms with Crippen molar-refractivity contribution in [2.24, 2.45) is 0 Å². The van der Waals surface area contributed by atoms with Gasteiger partial charge in [-0.1, -0.05) is 88.9 Å². The molecule has 1 saturated heterocycles. The number of ether oxygens (including phenoxy) is 3. The molecule has 272 valence electrons.